The Morgan fingerprint density at radius 2 is 2.00 bits per heavy atom. The van der Waals surface area contributed by atoms with Crippen molar-refractivity contribution in [1.82, 2.24) is 0 Å². The second-order valence-electron chi connectivity index (χ2n) is 8.33. The molecule has 3 aliphatic rings. The lowest BCUT2D eigenvalue weighted by Gasteiger charge is -2.38. The van der Waals surface area contributed by atoms with Gasteiger partial charge in [0.15, 0.2) is 0 Å². The molecule has 3 rings (SSSR count). The van der Waals surface area contributed by atoms with Crippen LogP contribution in [0, 0.1) is 11.3 Å². The Kier molecular flexibility index (Phi) is 3.47. The highest BCUT2D eigenvalue weighted by molar-refractivity contribution is 5.72. The summed E-state index contributed by atoms with van der Waals surface area (Å²) < 4.78 is 11.9. The zero-order valence-electron chi connectivity index (χ0n) is 14.0. The van der Waals surface area contributed by atoms with E-state index in [0.717, 1.165) is 25.7 Å². The molecule has 1 heterocycles. The molecule has 0 aromatic rings. The first-order chi connectivity index (χ1) is 9.69. The highest BCUT2D eigenvalue weighted by Gasteiger charge is 2.51. The molecule has 118 valence electrons. The minimum Gasteiger partial charge on any atom is -0.462 e. The fourth-order valence-corrected chi connectivity index (χ4v) is 4.69. The van der Waals surface area contributed by atoms with Gasteiger partial charge in [-0.15, -0.1) is 0 Å². The van der Waals surface area contributed by atoms with Gasteiger partial charge in [-0.25, -0.2) is 0 Å². The van der Waals surface area contributed by atoms with Gasteiger partial charge in [-0.3, -0.25) is 4.79 Å². The Hall–Kier alpha value is -0.830. The fourth-order valence-electron chi connectivity index (χ4n) is 4.69. The first kappa shape index (κ1) is 15.1. The van der Waals surface area contributed by atoms with E-state index in [1.807, 2.05) is 0 Å². The van der Waals surface area contributed by atoms with E-state index >= 15 is 0 Å². The van der Waals surface area contributed by atoms with E-state index in [-0.39, 0.29) is 29.2 Å². The van der Waals surface area contributed by atoms with Crippen molar-refractivity contribution >= 4 is 5.97 Å². The third-order valence-corrected chi connectivity index (χ3v) is 5.50. The predicted molar refractivity (Wildman–Crippen MR) is 81.9 cm³/mol. The highest BCUT2D eigenvalue weighted by Crippen LogP contribution is 2.55. The topological polar surface area (TPSA) is 35.5 Å². The Morgan fingerprint density at radius 1 is 1.29 bits per heavy atom. The molecular formula is C18H28O3. The van der Waals surface area contributed by atoms with Crippen molar-refractivity contribution in [2.75, 3.05) is 0 Å². The quantitative estimate of drug-likeness (QED) is 0.541. The van der Waals surface area contributed by atoms with E-state index in [1.54, 1.807) is 5.57 Å². The van der Waals surface area contributed by atoms with Gasteiger partial charge in [0, 0.05) is 17.8 Å². The Bertz CT molecular complexity index is 485. The van der Waals surface area contributed by atoms with Crippen LogP contribution in [-0.2, 0) is 14.3 Å². The van der Waals surface area contributed by atoms with E-state index in [4.69, 9.17) is 9.47 Å². The van der Waals surface area contributed by atoms with Crippen LogP contribution in [0.5, 0.6) is 0 Å². The second-order valence-corrected chi connectivity index (χ2v) is 8.33. The summed E-state index contributed by atoms with van der Waals surface area (Å²) in [5, 5.41) is 0. The number of rotatable bonds is 1. The van der Waals surface area contributed by atoms with E-state index in [1.165, 1.54) is 5.57 Å². The number of ether oxygens (including phenoxy) is 2. The van der Waals surface area contributed by atoms with Crippen molar-refractivity contribution in [1.29, 1.82) is 0 Å². The van der Waals surface area contributed by atoms with Gasteiger partial charge in [-0.05, 0) is 47.0 Å². The Balaban J connectivity index is 1.92. The summed E-state index contributed by atoms with van der Waals surface area (Å²) in [6, 6.07) is 0. The lowest BCUT2D eigenvalue weighted by atomic mass is 9.74. The summed E-state index contributed by atoms with van der Waals surface area (Å²) in [6.45, 7) is 11.0. The normalized spacial score (nSPS) is 39.9. The van der Waals surface area contributed by atoms with Crippen molar-refractivity contribution in [2.24, 2.45) is 11.3 Å². The van der Waals surface area contributed by atoms with E-state index in [0.29, 0.717) is 12.3 Å². The second kappa shape index (κ2) is 4.84. The monoisotopic (exact) mass is 292 g/mol. The maximum absolute atomic E-state index is 11.7. The smallest absolute Gasteiger partial charge is 0.306 e. The maximum Gasteiger partial charge on any atom is 0.306 e. The van der Waals surface area contributed by atoms with Gasteiger partial charge in [0.1, 0.15) is 6.10 Å². The zero-order valence-corrected chi connectivity index (χ0v) is 14.0. The van der Waals surface area contributed by atoms with Crippen molar-refractivity contribution in [3.63, 3.8) is 0 Å². The minimum absolute atomic E-state index is 0.0175. The molecule has 0 radical (unpaired) electrons. The van der Waals surface area contributed by atoms with Crippen LogP contribution < -0.4 is 0 Å². The van der Waals surface area contributed by atoms with Gasteiger partial charge in [0.25, 0.3) is 0 Å². The lowest BCUT2D eigenvalue weighted by Crippen LogP contribution is -2.38. The van der Waals surface area contributed by atoms with Crippen LogP contribution in [0.4, 0.5) is 0 Å². The van der Waals surface area contributed by atoms with Gasteiger partial charge in [-0.2, -0.15) is 0 Å². The third kappa shape index (κ3) is 2.65. The molecular weight excluding hydrogens is 264 g/mol. The van der Waals surface area contributed by atoms with Crippen LogP contribution in [0.1, 0.15) is 66.7 Å². The molecule has 2 aliphatic carbocycles. The Morgan fingerprint density at radius 3 is 2.67 bits per heavy atom. The molecule has 1 aliphatic heterocycles. The summed E-state index contributed by atoms with van der Waals surface area (Å²) in [4.78, 5) is 11.7. The summed E-state index contributed by atoms with van der Waals surface area (Å²) >= 11 is 0. The zero-order chi connectivity index (χ0) is 15.4. The van der Waals surface area contributed by atoms with Crippen LogP contribution in [0.3, 0.4) is 0 Å². The molecule has 21 heavy (non-hydrogen) atoms. The average Bonchev–Trinajstić information content (AvgIpc) is 2.77. The van der Waals surface area contributed by atoms with Crippen molar-refractivity contribution in [2.45, 2.75) is 84.5 Å². The molecule has 2 fully saturated rings. The summed E-state index contributed by atoms with van der Waals surface area (Å²) in [5.41, 5.74) is 2.96. The lowest BCUT2D eigenvalue weighted by molar-refractivity contribution is -0.141. The summed E-state index contributed by atoms with van der Waals surface area (Å²) in [7, 11) is 0. The van der Waals surface area contributed by atoms with Gasteiger partial charge < -0.3 is 9.47 Å². The van der Waals surface area contributed by atoms with Gasteiger partial charge in [0.2, 0.25) is 0 Å². The SMILES string of the molecule is CC1=C2CC[C@H](OC(C)(C)C)[C@@]2(C)C[C@H]2CC(=O)O[C@@H]2C1. The van der Waals surface area contributed by atoms with Crippen molar-refractivity contribution < 1.29 is 14.3 Å². The van der Waals surface area contributed by atoms with Crippen LogP contribution in [-0.4, -0.2) is 23.8 Å². The predicted octanol–water partition coefficient (Wildman–Crippen LogP) is 4.01. The average molecular weight is 292 g/mol. The first-order valence-corrected chi connectivity index (χ1v) is 8.25. The number of fused-ring (bicyclic) bond motifs is 2. The molecule has 0 N–H and O–H groups in total. The third-order valence-electron chi connectivity index (χ3n) is 5.50. The standard InChI is InChI=1S/C18H28O3/c1-11-8-14-12(9-16(19)20-14)10-18(5)13(11)6-7-15(18)21-17(2,3)4/h12,14-15H,6-10H2,1-5H3/t12-,14-,15+,18+/m1/s1. The summed E-state index contributed by atoms with van der Waals surface area (Å²) in [5.74, 6) is 0.343. The molecule has 0 bridgehead atoms. The molecule has 3 heteroatoms. The van der Waals surface area contributed by atoms with Crippen LogP contribution in [0.15, 0.2) is 11.1 Å². The molecule has 0 aromatic carbocycles. The van der Waals surface area contributed by atoms with Crippen LogP contribution in [0.2, 0.25) is 0 Å². The van der Waals surface area contributed by atoms with Crippen molar-refractivity contribution in [3.8, 4) is 0 Å². The van der Waals surface area contributed by atoms with E-state index in [2.05, 4.69) is 34.6 Å². The number of hydrogen-bond donors (Lipinski definition) is 0. The van der Waals surface area contributed by atoms with E-state index in [9.17, 15) is 4.79 Å². The number of esters is 1. The molecule has 0 amide bonds. The minimum atomic E-state index is -0.120. The fraction of sp³-hybridized carbons (Fsp3) is 0.833. The molecule has 3 nitrogen and oxygen atoms in total. The van der Waals surface area contributed by atoms with Crippen LogP contribution >= 0.6 is 0 Å². The van der Waals surface area contributed by atoms with Gasteiger partial charge in [0.05, 0.1) is 18.1 Å². The molecule has 0 spiro atoms. The molecule has 0 unspecified atom stereocenters. The van der Waals surface area contributed by atoms with E-state index < -0.39 is 0 Å². The first-order valence-electron chi connectivity index (χ1n) is 8.25. The number of hydrogen-bond acceptors (Lipinski definition) is 3. The largest absolute Gasteiger partial charge is 0.462 e. The van der Waals surface area contributed by atoms with Gasteiger partial charge >= 0.3 is 5.97 Å². The number of carbonyl (C=O) groups excluding carboxylic acids is 1. The molecule has 0 aromatic heterocycles. The molecule has 1 saturated carbocycles. The Labute approximate surface area is 128 Å². The van der Waals surface area contributed by atoms with Crippen molar-refractivity contribution in [3.05, 3.63) is 11.1 Å². The maximum atomic E-state index is 11.7. The summed E-state index contributed by atoms with van der Waals surface area (Å²) in [6.07, 6.45) is 5.13. The molecule has 4 atom stereocenters. The highest BCUT2D eigenvalue weighted by atomic mass is 16.6. The van der Waals surface area contributed by atoms with Crippen LogP contribution in [0.25, 0.3) is 0 Å². The molecule has 1 saturated heterocycles. The van der Waals surface area contributed by atoms with Gasteiger partial charge in [-0.1, -0.05) is 18.1 Å². The number of carbonyl (C=O) groups is 1.